The number of nitrogens with zero attached hydrogens (tertiary/aromatic N) is 1. The zero-order chi connectivity index (χ0) is 20.4. The van der Waals surface area contributed by atoms with Gasteiger partial charge in [-0.2, -0.15) is 4.31 Å². The van der Waals surface area contributed by atoms with E-state index in [1.807, 2.05) is 18.2 Å². The molecule has 1 amide bonds. The zero-order valence-electron chi connectivity index (χ0n) is 15.6. The molecule has 2 heterocycles. The highest BCUT2D eigenvalue weighted by molar-refractivity contribution is 7.89. The minimum absolute atomic E-state index is 0.127. The van der Waals surface area contributed by atoms with E-state index in [2.05, 4.69) is 5.32 Å². The largest absolute Gasteiger partial charge is 0.486 e. The first-order chi connectivity index (χ1) is 13.9. The van der Waals surface area contributed by atoms with E-state index in [1.54, 1.807) is 6.07 Å². The summed E-state index contributed by atoms with van der Waals surface area (Å²) in [6, 6.07) is 12.6. The van der Waals surface area contributed by atoms with Crippen molar-refractivity contribution in [2.24, 2.45) is 0 Å². The van der Waals surface area contributed by atoms with Crippen LogP contribution in [0, 0.1) is 0 Å². The van der Waals surface area contributed by atoms with Gasteiger partial charge in [-0.15, -0.1) is 0 Å². The number of para-hydroxylation sites is 2. The van der Waals surface area contributed by atoms with Gasteiger partial charge in [0.2, 0.25) is 15.9 Å². The van der Waals surface area contributed by atoms with E-state index in [-0.39, 0.29) is 23.5 Å². The molecule has 29 heavy (non-hydrogen) atoms. The number of sulfonamides is 1. The fourth-order valence-corrected chi connectivity index (χ4v) is 5.31. The van der Waals surface area contributed by atoms with Gasteiger partial charge < -0.3 is 14.8 Å². The van der Waals surface area contributed by atoms with E-state index in [0.29, 0.717) is 42.5 Å². The van der Waals surface area contributed by atoms with Crippen molar-refractivity contribution in [3.63, 3.8) is 0 Å². The monoisotopic (exact) mass is 436 g/mol. The predicted molar refractivity (Wildman–Crippen MR) is 108 cm³/mol. The van der Waals surface area contributed by atoms with Gasteiger partial charge in [0, 0.05) is 11.6 Å². The van der Waals surface area contributed by atoms with Gasteiger partial charge in [-0.25, -0.2) is 8.42 Å². The van der Waals surface area contributed by atoms with Gasteiger partial charge in [-0.3, -0.25) is 4.79 Å². The van der Waals surface area contributed by atoms with Crippen LogP contribution >= 0.6 is 11.6 Å². The van der Waals surface area contributed by atoms with Crippen molar-refractivity contribution in [1.29, 1.82) is 0 Å². The molecule has 1 N–H and O–H groups in total. The van der Waals surface area contributed by atoms with Crippen LogP contribution in [-0.4, -0.2) is 50.5 Å². The number of ether oxygens (including phenoxy) is 2. The molecule has 2 aromatic rings. The summed E-state index contributed by atoms with van der Waals surface area (Å²) < 4.78 is 38.7. The Kier molecular flexibility index (Phi) is 5.67. The average Bonchev–Trinajstić information content (AvgIpc) is 3.23. The van der Waals surface area contributed by atoms with E-state index in [4.69, 9.17) is 21.1 Å². The van der Waals surface area contributed by atoms with Crippen LogP contribution in [0.1, 0.15) is 12.8 Å². The van der Waals surface area contributed by atoms with Gasteiger partial charge in [0.25, 0.3) is 0 Å². The fraction of sp³-hybridized carbons (Fsp3) is 0.350. The molecule has 2 aliphatic rings. The second-order valence-corrected chi connectivity index (χ2v) is 9.30. The molecule has 0 aliphatic carbocycles. The van der Waals surface area contributed by atoms with Crippen molar-refractivity contribution < 1.29 is 22.7 Å². The minimum atomic E-state index is -3.77. The topological polar surface area (TPSA) is 84.9 Å². The summed E-state index contributed by atoms with van der Waals surface area (Å²) in [5.41, 5.74) is 0. The van der Waals surface area contributed by atoms with E-state index in [0.717, 1.165) is 0 Å². The van der Waals surface area contributed by atoms with Crippen LogP contribution in [0.5, 0.6) is 11.5 Å². The molecule has 2 aromatic carbocycles. The summed E-state index contributed by atoms with van der Waals surface area (Å²) in [5.74, 6) is 0.972. The highest BCUT2D eigenvalue weighted by Crippen LogP contribution is 2.31. The van der Waals surface area contributed by atoms with Gasteiger partial charge in [-0.05, 0) is 49.2 Å². The number of nitrogens with one attached hydrogen (secondary N) is 1. The number of halogens is 1. The Morgan fingerprint density at radius 1 is 1.14 bits per heavy atom. The zero-order valence-corrected chi connectivity index (χ0v) is 17.2. The first-order valence-corrected chi connectivity index (χ1v) is 11.2. The van der Waals surface area contributed by atoms with Crippen molar-refractivity contribution in [2.75, 3.05) is 19.7 Å². The summed E-state index contributed by atoms with van der Waals surface area (Å²) >= 11 is 5.85. The molecule has 0 unspecified atom stereocenters. The molecule has 2 atom stereocenters. The number of benzene rings is 2. The van der Waals surface area contributed by atoms with Crippen LogP contribution in [0.2, 0.25) is 5.02 Å². The molecule has 9 heteroatoms. The average molecular weight is 437 g/mol. The SMILES string of the molecule is O=C(NC[C@@H]1COc2ccccc2O1)[C@H]1CCCN1S(=O)(=O)c1ccc(Cl)cc1. The van der Waals surface area contributed by atoms with Gasteiger partial charge >= 0.3 is 0 Å². The molecule has 0 saturated carbocycles. The Morgan fingerprint density at radius 3 is 2.62 bits per heavy atom. The molecular weight excluding hydrogens is 416 g/mol. The molecule has 0 bridgehead atoms. The summed E-state index contributed by atoms with van der Waals surface area (Å²) in [5, 5.41) is 3.27. The minimum Gasteiger partial charge on any atom is -0.486 e. The number of hydrogen-bond acceptors (Lipinski definition) is 5. The smallest absolute Gasteiger partial charge is 0.243 e. The lowest BCUT2D eigenvalue weighted by atomic mass is 10.2. The lowest BCUT2D eigenvalue weighted by molar-refractivity contribution is -0.124. The van der Waals surface area contributed by atoms with E-state index >= 15 is 0 Å². The van der Waals surface area contributed by atoms with E-state index in [9.17, 15) is 13.2 Å². The Labute approximate surface area is 174 Å². The van der Waals surface area contributed by atoms with Crippen molar-refractivity contribution in [3.05, 3.63) is 53.6 Å². The predicted octanol–water partition coefficient (Wildman–Crippen LogP) is 2.45. The van der Waals surface area contributed by atoms with E-state index < -0.39 is 16.1 Å². The quantitative estimate of drug-likeness (QED) is 0.778. The lowest BCUT2D eigenvalue weighted by Crippen LogP contribution is -2.49. The Morgan fingerprint density at radius 2 is 1.86 bits per heavy atom. The highest BCUT2D eigenvalue weighted by atomic mass is 35.5. The summed E-state index contributed by atoms with van der Waals surface area (Å²) in [6.45, 7) is 0.854. The molecule has 154 valence electrons. The normalized spacial score (nSPS) is 21.7. The molecule has 1 saturated heterocycles. The second-order valence-electron chi connectivity index (χ2n) is 6.97. The maximum Gasteiger partial charge on any atom is 0.243 e. The molecule has 1 fully saturated rings. The number of amides is 1. The van der Waals surface area contributed by atoms with Gasteiger partial charge in [0.1, 0.15) is 18.8 Å². The van der Waals surface area contributed by atoms with Gasteiger partial charge in [0.15, 0.2) is 11.5 Å². The molecule has 4 rings (SSSR count). The summed E-state index contributed by atoms with van der Waals surface area (Å²) in [4.78, 5) is 12.9. The third kappa shape index (κ3) is 4.19. The molecule has 0 radical (unpaired) electrons. The van der Waals surface area contributed by atoms with Crippen molar-refractivity contribution in [1.82, 2.24) is 9.62 Å². The number of fused-ring (bicyclic) bond motifs is 1. The summed E-state index contributed by atoms with van der Waals surface area (Å²) in [6.07, 6.45) is 0.766. The third-order valence-corrected chi connectivity index (χ3v) is 7.17. The van der Waals surface area contributed by atoms with Crippen LogP contribution in [-0.2, 0) is 14.8 Å². The molecular formula is C20H21ClN2O5S. The molecule has 0 spiro atoms. The molecule has 2 aliphatic heterocycles. The molecule has 0 aromatic heterocycles. The highest BCUT2D eigenvalue weighted by Gasteiger charge is 2.39. The number of carbonyl (C=O) groups excluding carboxylic acids is 1. The van der Waals surface area contributed by atoms with Gasteiger partial charge in [0.05, 0.1) is 11.4 Å². The molecule has 7 nitrogen and oxygen atoms in total. The van der Waals surface area contributed by atoms with Crippen LogP contribution in [0.3, 0.4) is 0 Å². The van der Waals surface area contributed by atoms with Crippen molar-refractivity contribution in [3.8, 4) is 11.5 Å². The Balaban J connectivity index is 1.40. The first-order valence-electron chi connectivity index (χ1n) is 9.39. The number of carbonyl (C=O) groups is 1. The first kappa shape index (κ1) is 20.0. The van der Waals surface area contributed by atoms with Crippen molar-refractivity contribution in [2.45, 2.75) is 29.9 Å². The standard InChI is InChI=1S/C20H21ClN2O5S/c21-14-7-9-16(10-8-14)29(25,26)23-11-3-4-17(23)20(24)22-12-15-13-27-18-5-1-2-6-19(18)28-15/h1-2,5-10,15,17H,3-4,11-13H2,(H,22,24)/t15-,17-/m1/s1. The Bertz CT molecular complexity index is 996. The maximum absolute atomic E-state index is 13.0. The van der Waals surface area contributed by atoms with Crippen LogP contribution in [0.15, 0.2) is 53.4 Å². The van der Waals surface area contributed by atoms with Crippen LogP contribution < -0.4 is 14.8 Å². The third-order valence-electron chi connectivity index (χ3n) is 5.00. The lowest BCUT2D eigenvalue weighted by Gasteiger charge is -2.28. The van der Waals surface area contributed by atoms with Crippen molar-refractivity contribution >= 4 is 27.5 Å². The Hall–Kier alpha value is -2.29. The summed E-state index contributed by atoms with van der Waals surface area (Å²) in [7, 11) is -3.77. The van der Waals surface area contributed by atoms with E-state index in [1.165, 1.54) is 28.6 Å². The van der Waals surface area contributed by atoms with Crippen LogP contribution in [0.4, 0.5) is 0 Å². The fourth-order valence-electron chi connectivity index (χ4n) is 3.53. The maximum atomic E-state index is 13.0. The number of hydrogen-bond donors (Lipinski definition) is 1. The second kappa shape index (κ2) is 8.22. The van der Waals surface area contributed by atoms with Crippen LogP contribution in [0.25, 0.3) is 0 Å². The number of rotatable bonds is 5. The van der Waals surface area contributed by atoms with Gasteiger partial charge in [-0.1, -0.05) is 23.7 Å².